The van der Waals surface area contributed by atoms with E-state index in [1.807, 2.05) is 0 Å². The average Bonchev–Trinajstić information content (AvgIpc) is 2.52. The lowest BCUT2D eigenvalue weighted by molar-refractivity contribution is -0.126. The molecule has 0 saturated carbocycles. The number of carbonyl (C=O) groups excluding carboxylic acids is 2. The van der Waals surface area contributed by atoms with Gasteiger partial charge in [-0.3, -0.25) is 9.59 Å². The van der Waals surface area contributed by atoms with Gasteiger partial charge in [-0.15, -0.1) is 0 Å². The fraction of sp³-hybridized carbons (Fsp3) is 0.222. The fourth-order valence-electron chi connectivity index (χ4n) is 2.18. The molecule has 0 fully saturated rings. The van der Waals surface area contributed by atoms with Gasteiger partial charge in [-0.2, -0.15) is 0 Å². The maximum Gasteiger partial charge on any atom is 0.233 e. The van der Waals surface area contributed by atoms with Gasteiger partial charge in [0.25, 0.3) is 0 Å². The van der Waals surface area contributed by atoms with Gasteiger partial charge < -0.3 is 10.6 Å². The van der Waals surface area contributed by atoms with Crippen molar-refractivity contribution in [3.05, 3.63) is 64.4 Å². The zero-order valence-electron chi connectivity index (χ0n) is 13.2. The van der Waals surface area contributed by atoms with Crippen LogP contribution in [0, 0.1) is 12.7 Å². The van der Waals surface area contributed by atoms with Crippen molar-refractivity contribution < 1.29 is 14.0 Å². The third-order valence-electron chi connectivity index (χ3n) is 3.49. The molecule has 0 aliphatic heterocycles. The molecule has 2 rings (SSSR count). The van der Waals surface area contributed by atoms with Crippen LogP contribution < -0.4 is 10.6 Å². The topological polar surface area (TPSA) is 58.2 Å². The van der Waals surface area contributed by atoms with Crippen molar-refractivity contribution in [2.75, 3.05) is 11.9 Å². The first-order valence-electron chi connectivity index (χ1n) is 7.52. The van der Waals surface area contributed by atoms with E-state index in [1.165, 1.54) is 12.1 Å². The summed E-state index contributed by atoms with van der Waals surface area (Å²) in [5, 5.41) is 5.86. The Morgan fingerprint density at radius 1 is 1.12 bits per heavy atom. The second-order valence-electron chi connectivity index (χ2n) is 5.37. The number of rotatable bonds is 6. The molecule has 0 heterocycles. The van der Waals surface area contributed by atoms with E-state index >= 15 is 0 Å². The summed E-state index contributed by atoms with van der Waals surface area (Å²) in [4.78, 5) is 23.7. The molecule has 0 spiro atoms. The van der Waals surface area contributed by atoms with Gasteiger partial charge >= 0.3 is 0 Å². The lowest BCUT2D eigenvalue weighted by Gasteiger charge is -2.10. The maximum atomic E-state index is 13.0. The summed E-state index contributed by atoms with van der Waals surface area (Å²) in [6, 6.07) is 11.4. The second kappa shape index (κ2) is 8.45. The van der Waals surface area contributed by atoms with Crippen molar-refractivity contribution in [1.29, 1.82) is 0 Å². The third kappa shape index (κ3) is 5.35. The summed E-state index contributed by atoms with van der Waals surface area (Å²) < 4.78 is 13.0. The van der Waals surface area contributed by atoms with Crippen LogP contribution in [0.25, 0.3) is 0 Å². The molecule has 0 aliphatic carbocycles. The Bertz CT molecular complexity index is 750. The van der Waals surface area contributed by atoms with Gasteiger partial charge in [-0.05, 0) is 48.7 Å². The molecular formula is C18H18ClFN2O2. The summed E-state index contributed by atoms with van der Waals surface area (Å²) in [7, 11) is 0. The largest absolute Gasteiger partial charge is 0.355 e. The molecule has 6 heteroatoms. The first-order chi connectivity index (χ1) is 11.5. The molecule has 0 radical (unpaired) electrons. The Morgan fingerprint density at radius 2 is 1.88 bits per heavy atom. The molecule has 0 aliphatic rings. The first-order valence-corrected chi connectivity index (χ1v) is 7.89. The molecule has 4 nitrogen and oxygen atoms in total. The third-order valence-corrected chi connectivity index (χ3v) is 3.90. The Labute approximate surface area is 145 Å². The highest BCUT2D eigenvalue weighted by atomic mass is 35.5. The summed E-state index contributed by atoms with van der Waals surface area (Å²) in [6.07, 6.45) is 0.216. The number of anilines is 1. The minimum absolute atomic E-state index is 0.283. The van der Waals surface area contributed by atoms with Gasteiger partial charge in [0.2, 0.25) is 11.8 Å². The van der Waals surface area contributed by atoms with Crippen LogP contribution in [0.2, 0.25) is 5.02 Å². The predicted octanol–water partition coefficient (Wildman–Crippen LogP) is 3.48. The molecule has 2 aromatic rings. The van der Waals surface area contributed by atoms with E-state index in [0.717, 1.165) is 11.1 Å². The highest BCUT2D eigenvalue weighted by molar-refractivity contribution is 6.31. The number of nitrogens with one attached hydrogen (secondary N) is 2. The van der Waals surface area contributed by atoms with E-state index in [2.05, 4.69) is 10.6 Å². The van der Waals surface area contributed by atoms with Crippen LogP contribution in [0.4, 0.5) is 10.1 Å². The molecule has 2 aromatic carbocycles. The summed E-state index contributed by atoms with van der Waals surface area (Å²) in [5.41, 5.74) is 2.12. The summed E-state index contributed by atoms with van der Waals surface area (Å²) in [5.74, 6) is -1.11. The predicted molar refractivity (Wildman–Crippen MR) is 92.5 cm³/mol. The highest BCUT2D eigenvalue weighted by Gasteiger charge is 2.11. The normalized spacial score (nSPS) is 10.3. The lowest BCUT2D eigenvalue weighted by atomic mass is 10.1. The van der Waals surface area contributed by atoms with Crippen LogP contribution in [0.15, 0.2) is 42.5 Å². The Morgan fingerprint density at radius 3 is 2.62 bits per heavy atom. The quantitative estimate of drug-likeness (QED) is 0.785. The molecule has 24 heavy (non-hydrogen) atoms. The Hall–Kier alpha value is -2.40. The molecule has 2 N–H and O–H groups in total. The van der Waals surface area contributed by atoms with Crippen molar-refractivity contribution in [3.8, 4) is 0 Å². The molecule has 2 amide bonds. The van der Waals surface area contributed by atoms with Crippen molar-refractivity contribution in [2.24, 2.45) is 0 Å². The van der Waals surface area contributed by atoms with E-state index in [0.29, 0.717) is 23.7 Å². The van der Waals surface area contributed by atoms with E-state index in [1.54, 1.807) is 37.3 Å². The van der Waals surface area contributed by atoms with Crippen molar-refractivity contribution in [1.82, 2.24) is 5.32 Å². The maximum absolute atomic E-state index is 13.0. The van der Waals surface area contributed by atoms with Crippen molar-refractivity contribution >= 4 is 29.1 Å². The van der Waals surface area contributed by atoms with Gasteiger partial charge in [0.1, 0.15) is 12.2 Å². The van der Waals surface area contributed by atoms with E-state index < -0.39 is 5.91 Å². The SMILES string of the molecule is Cc1c(Cl)cccc1NC(=O)CC(=O)NCCc1cccc(F)c1. The molecule has 0 unspecified atom stereocenters. The van der Waals surface area contributed by atoms with E-state index in [-0.39, 0.29) is 18.1 Å². The molecule has 0 aromatic heterocycles. The number of benzene rings is 2. The number of amides is 2. The molecular weight excluding hydrogens is 331 g/mol. The van der Waals surface area contributed by atoms with E-state index in [4.69, 9.17) is 11.6 Å². The minimum Gasteiger partial charge on any atom is -0.355 e. The number of halogens is 2. The van der Waals surface area contributed by atoms with Crippen LogP contribution in [-0.4, -0.2) is 18.4 Å². The van der Waals surface area contributed by atoms with Crippen LogP contribution in [-0.2, 0) is 16.0 Å². The summed E-state index contributed by atoms with van der Waals surface area (Å²) in [6.45, 7) is 2.13. The van der Waals surface area contributed by atoms with Gasteiger partial charge in [-0.25, -0.2) is 4.39 Å². The van der Waals surface area contributed by atoms with Crippen LogP contribution in [0.1, 0.15) is 17.5 Å². The Kier molecular flexibility index (Phi) is 6.32. The molecule has 0 atom stereocenters. The monoisotopic (exact) mass is 348 g/mol. The zero-order valence-corrected chi connectivity index (χ0v) is 14.0. The molecule has 126 valence electrons. The van der Waals surface area contributed by atoms with Crippen LogP contribution in [0.5, 0.6) is 0 Å². The highest BCUT2D eigenvalue weighted by Crippen LogP contribution is 2.22. The standard InChI is InChI=1S/C18H18ClFN2O2/c1-12-15(19)6-3-7-16(12)22-18(24)11-17(23)21-9-8-13-4-2-5-14(20)10-13/h2-7,10H,8-9,11H2,1H3,(H,21,23)(H,22,24). The molecule has 0 bridgehead atoms. The Balaban J connectivity index is 1.77. The molecule has 0 saturated heterocycles. The van der Waals surface area contributed by atoms with Crippen LogP contribution >= 0.6 is 11.6 Å². The van der Waals surface area contributed by atoms with Gasteiger partial charge in [0.15, 0.2) is 0 Å². The smallest absolute Gasteiger partial charge is 0.233 e. The minimum atomic E-state index is -0.413. The summed E-state index contributed by atoms with van der Waals surface area (Å²) >= 11 is 5.98. The first kappa shape index (κ1) is 17.9. The zero-order chi connectivity index (χ0) is 17.5. The lowest BCUT2D eigenvalue weighted by Crippen LogP contribution is -2.29. The fourth-order valence-corrected chi connectivity index (χ4v) is 2.36. The van der Waals surface area contributed by atoms with Crippen molar-refractivity contribution in [2.45, 2.75) is 19.8 Å². The number of hydrogen-bond acceptors (Lipinski definition) is 2. The van der Waals surface area contributed by atoms with Gasteiger partial charge in [-0.1, -0.05) is 29.8 Å². The van der Waals surface area contributed by atoms with E-state index in [9.17, 15) is 14.0 Å². The van der Waals surface area contributed by atoms with Crippen LogP contribution in [0.3, 0.4) is 0 Å². The average molecular weight is 349 g/mol. The number of carbonyl (C=O) groups is 2. The number of hydrogen-bond donors (Lipinski definition) is 2. The van der Waals surface area contributed by atoms with Crippen molar-refractivity contribution in [3.63, 3.8) is 0 Å². The van der Waals surface area contributed by atoms with Gasteiger partial charge in [0, 0.05) is 17.3 Å². The van der Waals surface area contributed by atoms with Gasteiger partial charge in [0.05, 0.1) is 0 Å². The second-order valence-corrected chi connectivity index (χ2v) is 5.77.